The zero-order valence-corrected chi connectivity index (χ0v) is 8.90. The number of methoxy groups -OCH3 is 1. The molecule has 4 heteroatoms. The third-order valence-corrected chi connectivity index (χ3v) is 2.22. The summed E-state index contributed by atoms with van der Waals surface area (Å²) in [5.74, 6) is 4.82. The largest absolute Gasteiger partial charge is 0.465 e. The Labute approximate surface area is 88.9 Å². The standard InChI is InChI=1S/C11H15NO3/c1-8(7-15-12)9-4-3-5-10(6-9)11(13)14-2/h3-6,8H,7,12H2,1-2H3. The van der Waals surface area contributed by atoms with E-state index in [2.05, 4.69) is 9.57 Å². The number of esters is 1. The first kappa shape index (κ1) is 11.7. The predicted molar refractivity (Wildman–Crippen MR) is 56.3 cm³/mol. The van der Waals surface area contributed by atoms with E-state index in [-0.39, 0.29) is 11.9 Å². The van der Waals surface area contributed by atoms with E-state index in [0.717, 1.165) is 5.56 Å². The summed E-state index contributed by atoms with van der Waals surface area (Å²) in [6.07, 6.45) is 0. The zero-order valence-electron chi connectivity index (χ0n) is 8.90. The number of nitrogens with two attached hydrogens (primary N) is 1. The third-order valence-electron chi connectivity index (χ3n) is 2.22. The van der Waals surface area contributed by atoms with Crippen molar-refractivity contribution in [2.75, 3.05) is 13.7 Å². The van der Waals surface area contributed by atoms with Gasteiger partial charge in [-0.05, 0) is 17.7 Å². The number of rotatable bonds is 4. The number of benzene rings is 1. The van der Waals surface area contributed by atoms with Crippen LogP contribution >= 0.6 is 0 Å². The molecule has 0 saturated carbocycles. The number of carbonyl (C=O) groups is 1. The van der Waals surface area contributed by atoms with Gasteiger partial charge in [0.05, 0.1) is 19.3 Å². The van der Waals surface area contributed by atoms with Crippen molar-refractivity contribution in [2.45, 2.75) is 12.8 Å². The Hall–Kier alpha value is -1.39. The maximum atomic E-state index is 11.3. The summed E-state index contributed by atoms with van der Waals surface area (Å²) in [5, 5.41) is 0. The average molecular weight is 209 g/mol. The van der Waals surface area contributed by atoms with Crippen molar-refractivity contribution in [1.29, 1.82) is 0 Å². The quantitative estimate of drug-likeness (QED) is 0.602. The molecule has 0 aliphatic heterocycles. The molecule has 1 unspecified atom stereocenters. The summed E-state index contributed by atoms with van der Waals surface area (Å²) in [4.78, 5) is 15.8. The Kier molecular flexibility index (Phi) is 4.27. The summed E-state index contributed by atoms with van der Waals surface area (Å²) >= 11 is 0. The molecule has 0 fully saturated rings. The topological polar surface area (TPSA) is 61.5 Å². The molecular formula is C11H15NO3. The molecule has 2 N–H and O–H groups in total. The minimum absolute atomic E-state index is 0.152. The van der Waals surface area contributed by atoms with Crippen molar-refractivity contribution in [2.24, 2.45) is 5.90 Å². The first-order valence-corrected chi connectivity index (χ1v) is 4.69. The lowest BCUT2D eigenvalue weighted by Gasteiger charge is -2.10. The Morgan fingerprint density at radius 2 is 2.27 bits per heavy atom. The van der Waals surface area contributed by atoms with Gasteiger partial charge >= 0.3 is 5.97 Å². The molecule has 0 bridgehead atoms. The monoisotopic (exact) mass is 209 g/mol. The van der Waals surface area contributed by atoms with Crippen molar-refractivity contribution < 1.29 is 14.4 Å². The fourth-order valence-corrected chi connectivity index (χ4v) is 1.33. The summed E-state index contributed by atoms with van der Waals surface area (Å²) in [5.41, 5.74) is 1.54. The maximum absolute atomic E-state index is 11.3. The second kappa shape index (κ2) is 5.48. The molecule has 15 heavy (non-hydrogen) atoms. The lowest BCUT2D eigenvalue weighted by molar-refractivity contribution is 0.0600. The molecule has 4 nitrogen and oxygen atoms in total. The van der Waals surface area contributed by atoms with E-state index in [1.165, 1.54) is 7.11 Å². The van der Waals surface area contributed by atoms with E-state index in [0.29, 0.717) is 12.2 Å². The Balaban J connectivity index is 2.87. The van der Waals surface area contributed by atoms with E-state index in [1.54, 1.807) is 12.1 Å². The molecule has 1 atom stereocenters. The van der Waals surface area contributed by atoms with Gasteiger partial charge in [0.1, 0.15) is 0 Å². The van der Waals surface area contributed by atoms with Gasteiger partial charge in [0.2, 0.25) is 0 Å². The van der Waals surface area contributed by atoms with Crippen molar-refractivity contribution in [1.82, 2.24) is 0 Å². The highest BCUT2D eigenvalue weighted by molar-refractivity contribution is 5.89. The summed E-state index contributed by atoms with van der Waals surface area (Å²) in [6, 6.07) is 7.24. The Morgan fingerprint density at radius 3 is 2.87 bits per heavy atom. The van der Waals surface area contributed by atoms with E-state index < -0.39 is 0 Å². The second-order valence-corrected chi connectivity index (χ2v) is 3.35. The van der Waals surface area contributed by atoms with Gasteiger partial charge < -0.3 is 9.57 Å². The van der Waals surface area contributed by atoms with Gasteiger partial charge in [-0.2, -0.15) is 0 Å². The van der Waals surface area contributed by atoms with Gasteiger partial charge in [-0.1, -0.05) is 19.1 Å². The smallest absolute Gasteiger partial charge is 0.337 e. The molecule has 1 rings (SSSR count). The van der Waals surface area contributed by atoms with Gasteiger partial charge in [0.15, 0.2) is 0 Å². The van der Waals surface area contributed by atoms with Crippen LogP contribution in [0.1, 0.15) is 28.8 Å². The van der Waals surface area contributed by atoms with Crippen LogP contribution in [0, 0.1) is 0 Å². The second-order valence-electron chi connectivity index (χ2n) is 3.35. The van der Waals surface area contributed by atoms with Crippen LogP contribution in [-0.2, 0) is 9.57 Å². The molecule has 0 amide bonds. The normalized spacial score (nSPS) is 12.2. The number of hydrogen-bond donors (Lipinski definition) is 1. The van der Waals surface area contributed by atoms with Gasteiger partial charge in [-0.3, -0.25) is 0 Å². The van der Waals surface area contributed by atoms with Gasteiger partial charge in [-0.25, -0.2) is 10.7 Å². The highest BCUT2D eigenvalue weighted by Crippen LogP contribution is 2.16. The van der Waals surface area contributed by atoms with Crippen LogP contribution in [0.2, 0.25) is 0 Å². The van der Waals surface area contributed by atoms with Crippen LogP contribution in [0.3, 0.4) is 0 Å². The van der Waals surface area contributed by atoms with E-state index >= 15 is 0 Å². The summed E-state index contributed by atoms with van der Waals surface area (Å²) in [6.45, 7) is 2.40. The summed E-state index contributed by atoms with van der Waals surface area (Å²) < 4.78 is 4.64. The van der Waals surface area contributed by atoms with Crippen LogP contribution in [0.4, 0.5) is 0 Å². The molecule has 0 spiro atoms. The molecule has 0 radical (unpaired) electrons. The summed E-state index contributed by atoms with van der Waals surface area (Å²) in [7, 11) is 1.36. The lowest BCUT2D eigenvalue weighted by Crippen LogP contribution is -2.09. The highest BCUT2D eigenvalue weighted by Gasteiger charge is 2.09. The van der Waals surface area contributed by atoms with Crippen molar-refractivity contribution in [3.05, 3.63) is 35.4 Å². The first-order chi connectivity index (χ1) is 7.19. The fraction of sp³-hybridized carbons (Fsp3) is 0.364. The molecule has 0 aromatic heterocycles. The Bertz CT molecular complexity index is 338. The van der Waals surface area contributed by atoms with E-state index in [9.17, 15) is 4.79 Å². The first-order valence-electron chi connectivity index (χ1n) is 4.69. The molecule has 82 valence electrons. The third kappa shape index (κ3) is 3.04. The van der Waals surface area contributed by atoms with Gasteiger partial charge in [-0.15, -0.1) is 0 Å². The molecule has 0 saturated heterocycles. The van der Waals surface area contributed by atoms with Crippen LogP contribution in [0.25, 0.3) is 0 Å². The SMILES string of the molecule is COC(=O)c1cccc(C(C)CON)c1. The minimum atomic E-state index is -0.335. The zero-order chi connectivity index (χ0) is 11.3. The van der Waals surface area contributed by atoms with Crippen molar-refractivity contribution in [3.63, 3.8) is 0 Å². The van der Waals surface area contributed by atoms with Gasteiger partial charge in [0, 0.05) is 5.92 Å². The minimum Gasteiger partial charge on any atom is -0.465 e. The number of carbonyl (C=O) groups excluding carboxylic acids is 1. The van der Waals surface area contributed by atoms with Crippen LogP contribution in [-0.4, -0.2) is 19.7 Å². The van der Waals surface area contributed by atoms with Crippen LogP contribution in [0.5, 0.6) is 0 Å². The molecule has 0 heterocycles. The fourth-order valence-electron chi connectivity index (χ4n) is 1.33. The van der Waals surface area contributed by atoms with Gasteiger partial charge in [0.25, 0.3) is 0 Å². The lowest BCUT2D eigenvalue weighted by atomic mass is 10.00. The molecule has 0 aliphatic carbocycles. The molecule has 1 aromatic carbocycles. The van der Waals surface area contributed by atoms with Crippen molar-refractivity contribution in [3.8, 4) is 0 Å². The number of hydrogen-bond acceptors (Lipinski definition) is 4. The van der Waals surface area contributed by atoms with E-state index in [4.69, 9.17) is 5.90 Å². The molecule has 1 aromatic rings. The predicted octanol–water partition coefficient (Wildman–Crippen LogP) is 1.47. The average Bonchev–Trinajstić information content (AvgIpc) is 2.28. The number of ether oxygens (including phenoxy) is 1. The highest BCUT2D eigenvalue weighted by atomic mass is 16.6. The maximum Gasteiger partial charge on any atom is 0.337 e. The molecular weight excluding hydrogens is 194 g/mol. The van der Waals surface area contributed by atoms with E-state index in [1.807, 2.05) is 19.1 Å². The molecule has 0 aliphatic rings. The Morgan fingerprint density at radius 1 is 1.53 bits per heavy atom. The van der Waals surface area contributed by atoms with Crippen molar-refractivity contribution >= 4 is 5.97 Å². The van der Waals surface area contributed by atoms with Crippen LogP contribution in [0.15, 0.2) is 24.3 Å². The van der Waals surface area contributed by atoms with Crippen LogP contribution < -0.4 is 5.90 Å².